The van der Waals surface area contributed by atoms with Crippen molar-refractivity contribution in [2.24, 2.45) is 0 Å². The minimum Gasteiger partial charge on any atom is -0.398 e. The van der Waals surface area contributed by atoms with Crippen LogP contribution in [0.3, 0.4) is 0 Å². The lowest BCUT2D eigenvalue weighted by atomic mass is 10.1. The Bertz CT molecular complexity index is 580. The highest BCUT2D eigenvalue weighted by atomic mass is 79.9. The first-order chi connectivity index (χ1) is 8.59. The van der Waals surface area contributed by atoms with Gasteiger partial charge in [0.2, 0.25) is 0 Å². The molecule has 0 saturated heterocycles. The molecule has 0 radical (unpaired) electrons. The molecule has 5 heteroatoms. The first kappa shape index (κ1) is 13.1. The van der Waals surface area contributed by atoms with E-state index >= 15 is 0 Å². The maximum atomic E-state index is 12.0. The molecule has 2 rings (SSSR count). The van der Waals surface area contributed by atoms with E-state index < -0.39 is 0 Å². The van der Waals surface area contributed by atoms with Gasteiger partial charge in [-0.2, -0.15) is 0 Å². The Labute approximate surface area is 118 Å². The van der Waals surface area contributed by atoms with Crippen LogP contribution >= 0.6 is 27.3 Å². The number of carbonyl (C=O) groups excluding carboxylic acids is 1. The van der Waals surface area contributed by atoms with Crippen LogP contribution in [0.15, 0.2) is 34.1 Å². The molecule has 1 aromatic heterocycles. The summed E-state index contributed by atoms with van der Waals surface area (Å²) < 4.78 is 1.03. The normalized spacial score (nSPS) is 10.3. The highest BCUT2D eigenvalue weighted by molar-refractivity contribution is 9.10. The van der Waals surface area contributed by atoms with Crippen molar-refractivity contribution in [2.75, 3.05) is 5.73 Å². The van der Waals surface area contributed by atoms with E-state index in [0.717, 1.165) is 14.9 Å². The summed E-state index contributed by atoms with van der Waals surface area (Å²) in [5.41, 5.74) is 7.87. The Balaban J connectivity index is 2.09. The van der Waals surface area contributed by atoms with E-state index in [2.05, 4.69) is 21.2 Å². The molecule has 0 atom stereocenters. The monoisotopic (exact) mass is 324 g/mol. The van der Waals surface area contributed by atoms with Crippen molar-refractivity contribution in [3.05, 3.63) is 50.1 Å². The second kappa shape index (κ2) is 5.54. The van der Waals surface area contributed by atoms with Crippen LogP contribution < -0.4 is 11.1 Å². The van der Waals surface area contributed by atoms with E-state index in [1.165, 1.54) is 0 Å². The molecule has 1 heterocycles. The number of hydrogen-bond donors (Lipinski definition) is 2. The van der Waals surface area contributed by atoms with Crippen molar-refractivity contribution in [2.45, 2.75) is 13.5 Å². The Morgan fingerprint density at radius 1 is 1.44 bits per heavy atom. The number of benzene rings is 1. The highest BCUT2D eigenvalue weighted by Gasteiger charge is 2.11. The molecule has 0 bridgehead atoms. The molecule has 0 spiro atoms. The molecule has 3 N–H and O–H groups in total. The summed E-state index contributed by atoms with van der Waals surface area (Å²) in [6, 6.07) is 7.34. The number of hydrogen-bond acceptors (Lipinski definition) is 3. The van der Waals surface area contributed by atoms with Crippen molar-refractivity contribution in [1.82, 2.24) is 5.32 Å². The van der Waals surface area contributed by atoms with Crippen LogP contribution in [0.4, 0.5) is 5.69 Å². The lowest BCUT2D eigenvalue weighted by Crippen LogP contribution is -2.23. The lowest BCUT2D eigenvalue weighted by Gasteiger charge is -2.08. The average Bonchev–Trinajstić information content (AvgIpc) is 2.75. The van der Waals surface area contributed by atoms with E-state index in [1.54, 1.807) is 29.5 Å². The van der Waals surface area contributed by atoms with Gasteiger partial charge in [-0.15, -0.1) is 11.3 Å². The Hall–Kier alpha value is -1.33. The number of carbonyl (C=O) groups is 1. The summed E-state index contributed by atoms with van der Waals surface area (Å²) in [4.78, 5) is 13.1. The van der Waals surface area contributed by atoms with Gasteiger partial charge in [-0.1, -0.05) is 6.07 Å². The Kier molecular flexibility index (Phi) is 4.04. The number of anilines is 1. The second-order valence-electron chi connectivity index (χ2n) is 3.89. The maximum Gasteiger partial charge on any atom is 0.251 e. The third kappa shape index (κ3) is 2.73. The number of amides is 1. The van der Waals surface area contributed by atoms with Gasteiger partial charge < -0.3 is 11.1 Å². The van der Waals surface area contributed by atoms with Gasteiger partial charge in [-0.3, -0.25) is 4.79 Å². The van der Waals surface area contributed by atoms with E-state index in [1.807, 2.05) is 18.4 Å². The Morgan fingerprint density at radius 3 is 2.89 bits per heavy atom. The molecular formula is C13H13BrN2OS. The fourth-order valence-corrected chi connectivity index (χ4v) is 3.04. The largest absolute Gasteiger partial charge is 0.398 e. The van der Waals surface area contributed by atoms with Crippen LogP contribution in [0.25, 0.3) is 0 Å². The predicted octanol–water partition coefficient (Wildman–Crippen LogP) is 3.33. The van der Waals surface area contributed by atoms with Crippen LogP contribution in [0, 0.1) is 6.92 Å². The van der Waals surface area contributed by atoms with Crippen molar-refractivity contribution < 1.29 is 4.79 Å². The van der Waals surface area contributed by atoms with Gasteiger partial charge in [-0.05, 0) is 52.0 Å². The number of thiophene rings is 1. The molecule has 1 amide bonds. The molecule has 94 valence electrons. The fourth-order valence-electron chi connectivity index (χ4n) is 1.61. The predicted molar refractivity (Wildman–Crippen MR) is 78.8 cm³/mol. The molecule has 0 aliphatic heterocycles. The molecule has 0 aliphatic rings. The van der Waals surface area contributed by atoms with Crippen LogP contribution in [-0.4, -0.2) is 5.91 Å². The Morgan fingerprint density at radius 2 is 2.22 bits per heavy atom. The van der Waals surface area contributed by atoms with Crippen molar-refractivity contribution in [1.29, 1.82) is 0 Å². The van der Waals surface area contributed by atoms with E-state index in [0.29, 0.717) is 17.8 Å². The van der Waals surface area contributed by atoms with Crippen LogP contribution in [0.1, 0.15) is 20.8 Å². The van der Waals surface area contributed by atoms with E-state index in [-0.39, 0.29) is 5.91 Å². The zero-order chi connectivity index (χ0) is 13.1. The van der Waals surface area contributed by atoms with Crippen LogP contribution in [0.5, 0.6) is 0 Å². The number of nitrogens with one attached hydrogen (secondary N) is 1. The summed E-state index contributed by atoms with van der Waals surface area (Å²) >= 11 is 5.05. The second-order valence-corrected chi connectivity index (χ2v) is 5.75. The highest BCUT2D eigenvalue weighted by Crippen LogP contribution is 2.22. The number of nitrogen functional groups attached to an aromatic ring is 1. The average molecular weight is 325 g/mol. The van der Waals surface area contributed by atoms with E-state index in [4.69, 9.17) is 5.73 Å². The SMILES string of the molecule is Cc1c(N)cccc1C(=O)NCc1sccc1Br. The third-order valence-electron chi connectivity index (χ3n) is 2.72. The zero-order valence-electron chi connectivity index (χ0n) is 9.87. The molecule has 0 saturated carbocycles. The van der Waals surface area contributed by atoms with Crippen LogP contribution in [-0.2, 0) is 6.54 Å². The van der Waals surface area contributed by atoms with Crippen LogP contribution in [0.2, 0.25) is 0 Å². The molecule has 18 heavy (non-hydrogen) atoms. The minimum atomic E-state index is -0.0971. The van der Waals surface area contributed by atoms with Gasteiger partial charge in [0.25, 0.3) is 5.91 Å². The van der Waals surface area contributed by atoms with Gasteiger partial charge in [-0.25, -0.2) is 0 Å². The quantitative estimate of drug-likeness (QED) is 0.851. The molecule has 0 fully saturated rings. The smallest absolute Gasteiger partial charge is 0.251 e. The van der Waals surface area contributed by atoms with Gasteiger partial charge in [0.15, 0.2) is 0 Å². The molecular weight excluding hydrogens is 312 g/mol. The minimum absolute atomic E-state index is 0.0971. The lowest BCUT2D eigenvalue weighted by molar-refractivity contribution is 0.0950. The van der Waals surface area contributed by atoms with Gasteiger partial charge >= 0.3 is 0 Å². The zero-order valence-corrected chi connectivity index (χ0v) is 12.3. The topological polar surface area (TPSA) is 55.1 Å². The summed E-state index contributed by atoms with van der Waals surface area (Å²) in [5, 5.41) is 4.88. The molecule has 1 aromatic carbocycles. The van der Waals surface area contributed by atoms with Crippen molar-refractivity contribution >= 4 is 38.9 Å². The van der Waals surface area contributed by atoms with Gasteiger partial charge in [0, 0.05) is 20.6 Å². The molecule has 0 unspecified atom stereocenters. The summed E-state index contributed by atoms with van der Waals surface area (Å²) in [6.07, 6.45) is 0. The maximum absolute atomic E-state index is 12.0. The van der Waals surface area contributed by atoms with Gasteiger partial charge in [0.05, 0.1) is 6.54 Å². The number of halogens is 1. The van der Waals surface area contributed by atoms with Crippen molar-refractivity contribution in [3.63, 3.8) is 0 Å². The number of nitrogens with two attached hydrogens (primary N) is 1. The standard InChI is InChI=1S/C13H13BrN2OS/c1-8-9(3-2-4-11(8)15)13(17)16-7-12-10(14)5-6-18-12/h2-6H,7,15H2,1H3,(H,16,17). The number of rotatable bonds is 3. The molecule has 0 aliphatic carbocycles. The van der Waals surface area contributed by atoms with Crippen molar-refractivity contribution in [3.8, 4) is 0 Å². The summed E-state index contributed by atoms with van der Waals surface area (Å²) in [7, 11) is 0. The third-order valence-corrected chi connectivity index (χ3v) is 4.65. The first-order valence-corrected chi connectivity index (χ1v) is 7.12. The molecule has 2 aromatic rings. The van der Waals surface area contributed by atoms with E-state index in [9.17, 15) is 4.79 Å². The first-order valence-electron chi connectivity index (χ1n) is 5.44. The molecule has 3 nitrogen and oxygen atoms in total. The summed E-state index contributed by atoms with van der Waals surface area (Å²) in [6.45, 7) is 2.37. The van der Waals surface area contributed by atoms with Gasteiger partial charge in [0.1, 0.15) is 0 Å². The fraction of sp³-hybridized carbons (Fsp3) is 0.154. The summed E-state index contributed by atoms with van der Waals surface area (Å²) in [5.74, 6) is -0.0971.